The number of rotatable bonds is 5. The zero-order valence-corrected chi connectivity index (χ0v) is 16.9. The van der Waals surface area contributed by atoms with Gasteiger partial charge in [0.15, 0.2) is 10.6 Å². The van der Waals surface area contributed by atoms with E-state index in [9.17, 15) is 4.79 Å². The summed E-state index contributed by atoms with van der Waals surface area (Å²) in [5, 5.41) is 7.46. The van der Waals surface area contributed by atoms with Gasteiger partial charge < -0.3 is 9.84 Å². The molecule has 0 aliphatic carbocycles. The van der Waals surface area contributed by atoms with E-state index in [1.54, 1.807) is 18.2 Å². The molecule has 1 N–H and O–H groups in total. The van der Waals surface area contributed by atoms with Crippen molar-refractivity contribution in [2.45, 2.75) is 24.6 Å². The molecule has 0 radical (unpaired) electrons. The van der Waals surface area contributed by atoms with Gasteiger partial charge in [-0.2, -0.15) is 0 Å². The van der Waals surface area contributed by atoms with Gasteiger partial charge in [-0.25, -0.2) is 0 Å². The number of hydrogen-bond donors (Lipinski definition) is 1. The van der Waals surface area contributed by atoms with Crippen molar-refractivity contribution in [3.8, 4) is 22.6 Å². The van der Waals surface area contributed by atoms with Crippen LogP contribution in [0.5, 0.6) is 0 Å². The maximum absolute atomic E-state index is 11.7. The van der Waals surface area contributed by atoms with Gasteiger partial charge in [0.2, 0.25) is 0 Å². The van der Waals surface area contributed by atoms with Crippen molar-refractivity contribution >= 4 is 46.4 Å². The zero-order chi connectivity index (χ0) is 19.6. The predicted molar refractivity (Wildman–Crippen MR) is 111 cm³/mol. The number of halogens is 3. The minimum Gasteiger partial charge on any atom is -0.356 e. The molecule has 0 fully saturated rings. The van der Waals surface area contributed by atoms with Crippen LogP contribution in [0.4, 0.5) is 5.69 Å². The summed E-state index contributed by atoms with van der Waals surface area (Å²) in [6.45, 7) is 4.20. The van der Waals surface area contributed by atoms with Crippen LogP contribution in [0.3, 0.4) is 0 Å². The Hall–Kier alpha value is -2.01. The highest BCUT2D eigenvalue weighted by molar-refractivity contribution is 6.54. The number of amides is 1. The van der Waals surface area contributed by atoms with Crippen LogP contribution in [0.25, 0.3) is 22.6 Å². The highest BCUT2D eigenvalue weighted by Crippen LogP contribution is 2.36. The SMILES string of the molecule is CC(C)c1cccc(Cl)c1-c1cc(-c2cccc(NC(=O)C(Cl)Cl)c2)on1. The third-order valence-electron chi connectivity index (χ3n) is 4.05. The number of aromatic nitrogens is 1. The standard InChI is InChI=1S/C20H17Cl3N2O2/c1-11(2)14-7-4-8-15(21)18(14)16-10-17(27-25-16)12-5-3-6-13(9-12)24-20(26)19(22)23/h3-11,19H,1-2H3,(H,24,26). The molecule has 0 saturated heterocycles. The van der Waals surface area contributed by atoms with E-state index in [2.05, 4.69) is 24.3 Å². The van der Waals surface area contributed by atoms with Crippen molar-refractivity contribution in [1.82, 2.24) is 5.16 Å². The van der Waals surface area contributed by atoms with Crippen molar-refractivity contribution in [3.05, 3.63) is 59.1 Å². The van der Waals surface area contributed by atoms with Crippen LogP contribution in [-0.4, -0.2) is 15.9 Å². The van der Waals surface area contributed by atoms with Gasteiger partial charge in [-0.15, -0.1) is 0 Å². The van der Waals surface area contributed by atoms with Crippen LogP contribution < -0.4 is 5.32 Å². The minimum atomic E-state index is -1.14. The number of nitrogens with zero attached hydrogens (tertiary/aromatic N) is 1. The molecule has 0 aliphatic rings. The van der Waals surface area contributed by atoms with E-state index in [4.69, 9.17) is 39.3 Å². The van der Waals surface area contributed by atoms with Gasteiger partial charge in [-0.1, -0.05) is 78.1 Å². The number of anilines is 1. The number of hydrogen-bond acceptors (Lipinski definition) is 3. The molecule has 27 heavy (non-hydrogen) atoms. The highest BCUT2D eigenvalue weighted by Gasteiger charge is 2.17. The fraction of sp³-hybridized carbons (Fsp3) is 0.200. The quantitative estimate of drug-likeness (QED) is 0.475. The average Bonchev–Trinajstić information content (AvgIpc) is 3.11. The lowest BCUT2D eigenvalue weighted by molar-refractivity contribution is -0.114. The number of nitrogens with one attached hydrogen (secondary N) is 1. The third-order valence-corrected chi connectivity index (χ3v) is 4.76. The first-order valence-corrected chi connectivity index (χ1v) is 9.57. The molecule has 0 bridgehead atoms. The largest absolute Gasteiger partial charge is 0.356 e. The summed E-state index contributed by atoms with van der Waals surface area (Å²) >= 11 is 17.6. The van der Waals surface area contributed by atoms with E-state index in [0.717, 1.165) is 16.7 Å². The second-order valence-corrected chi connectivity index (χ2v) is 7.81. The molecule has 3 rings (SSSR count). The van der Waals surface area contributed by atoms with E-state index < -0.39 is 10.7 Å². The molecule has 0 aliphatic heterocycles. The van der Waals surface area contributed by atoms with E-state index in [-0.39, 0.29) is 5.92 Å². The van der Waals surface area contributed by atoms with Crippen molar-refractivity contribution < 1.29 is 9.32 Å². The maximum Gasteiger partial charge on any atom is 0.257 e. The highest BCUT2D eigenvalue weighted by atomic mass is 35.5. The summed E-state index contributed by atoms with van der Waals surface area (Å²) in [6.07, 6.45) is 0. The lowest BCUT2D eigenvalue weighted by Gasteiger charge is -2.11. The van der Waals surface area contributed by atoms with Gasteiger partial charge in [-0.3, -0.25) is 4.79 Å². The van der Waals surface area contributed by atoms with Crippen LogP contribution in [0.15, 0.2) is 53.1 Å². The van der Waals surface area contributed by atoms with Gasteiger partial charge in [0.1, 0.15) is 5.69 Å². The molecule has 0 unspecified atom stereocenters. The summed E-state index contributed by atoms with van der Waals surface area (Å²) in [5.41, 5.74) is 3.93. The Kier molecular flexibility index (Phi) is 6.10. The molecule has 3 aromatic rings. The second kappa shape index (κ2) is 8.34. The van der Waals surface area contributed by atoms with E-state index in [0.29, 0.717) is 22.2 Å². The van der Waals surface area contributed by atoms with Crippen molar-refractivity contribution in [2.75, 3.05) is 5.32 Å². The molecule has 1 heterocycles. The molecule has 1 aromatic heterocycles. The Bertz CT molecular complexity index is 967. The molecule has 4 nitrogen and oxygen atoms in total. The summed E-state index contributed by atoms with van der Waals surface area (Å²) in [7, 11) is 0. The second-order valence-electron chi connectivity index (χ2n) is 6.31. The third kappa shape index (κ3) is 4.46. The van der Waals surface area contributed by atoms with Gasteiger partial charge in [0, 0.05) is 22.9 Å². The fourth-order valence-corrected chi connectivity index (χ4v) is 3.16. The molecular formula is C20H17Cl3N2O2. The lowest BCUT2D eigenvalue weighted by Crippen LogP contribution is -2.18. The van der Waals surface area contributed by atoms with Crippen LogP contribution in [0, 0.1) is 0 Å². The number of carbonyl (C=O) groups excluding carboxylic acids is 1. The average molecular weight is 424 g/mol. The van der Waals surface area contributed by atoms with E-state index >= 15 is 0 Å². The topological polar surface area (TPSA) is 55.1 Å². The van der Waals surface area contributed by atoms with Crippen LogP contribution in [0.1, 0.15) is 25.3 Å². The molecule has 1 amide bonds. The number of benzene rings is 2. The molecule has 2 aromatic carbocycles. The Morgan fingerprint density at radius 1 is 1.11 bits per heavy atom. The monoisotopic (exact) mass is 422 g/mol. The van der Waals surface area contributed by atoms with Gasteiger partial charge in [0.25, 0.3) is 5.91 Å². The van der Waals surface area contributed by atoms with Crippen molar-refractivity contribution in [3.63, 3.8) is 0 Å². The predicted octanol–water partition coefficient (Wildman–Crippen LogP) is 6.53. The molecular weight excluding hydrogens is 407 g/mol. The lowest BCUT2D eigenvalue weighted by atomic mass is 9.95. The normalized spacial score (nSPS) is 11.2. The van der Waals surface area contributed by atoms with E-state index in [1.807, 2.05) is 30.3 Å². The van der Waals surface area contributed by atoms with Crippen molar-refractivity contribution in [2.24, 2.45) is 0 Å². The Labute approximate surface area is 172 Å². The van der Waals surface area contributed by atoms with Crippen LogP contribution in [-0.2, 0) is 4.79 Å². The summed E-state index contributed by atoms with van der Waals surface area (Å²) in [5.74, 6) is 0.354. The molecule has 7 heteroatoms. The first kappa shape index (κ1) is 19.7. The van der Waals surface area contributed by atoms with Gasteiger partial charge >= 0.3 is 0 Å². The Balaban J connectivity index is 1.95. The Morgan fingerprint density at radius 3 is 2.56 bits per heavy atom. The van der Waals surface area contributed by atoms with Crippen LogP contribution in [0.2, 0.25) is 5.02 Å². The first-order chi connectivity index (χ1) is 12.9. The first-order valence-electron chi connectivity index (χ1n) is 8.31. The zero-order valence-electron chi connectivity index (χ0n) is 14.7. The molecule has 0 saturated carbocycles. The van der Waals surface area contributed by atoms with E-state index in [1.165, 1.54) is 0 Å². The maximum atomic E-state index is 11.7. The summed E-state index contributed by atoms with van der Waals surface area (Å²) in [6, 6.07) is 14.8. The fourth-order valence-electron chi connectivity index (χ4n) is 2.77. The van der Waals surface area contributed by atoms with Crippen LogP contribution >= 0.6 is 34.8 Å². The molecule has 0 spiro atoms. The number of alkyl halides is 2. The minimum absolute atomic E-state index is 0.288. The smallest absolute Gasteiger partial charge is 0.257 e. The summed E-state index contributed by atoms with van der Waals surface area (Å²) < 4.78 is 5.53. The summed E-state index contributed by atoms with van der Waals surface area (Å²) in [4.78, 5) is 10.5. The van der Waals surface area contributed by atoms with Crippen molar-refractivity contribution in [1.29, 1.82) is 0 Å². The molecule has 0 atom stereocenters. The van der Waals surface area contributed by atoms with Gasteiger partial charge in [0.05, 0.1) is 5.02 Å². The number of carbonyl (C=O) groups is 1. The van der Waals surface area contributed by atoms with Gasteiger partial charge in [-0.05, 0) is 29.7 Å². The Morgan fingerprint density at radius 2 is 1.85 bits per heavy atom. The molecule has 140 valence electrons.